The molecular weight excluding hydrogens is 300 g/mol. The number of rotatable bonds is 3. The molecule has 0 atom stereocenters. The van der Waals surface area contributed by atoms with Crippen LogP contribution in [0, 0.1) is 6.92 Å². The first-order valence-electron chi connectivity index (χ1n) is 7.58. The monoisotopic (exact) mass is 314 g/mol. The van der Waals surface area contributed by atoms with Crippen LogP contribution in [-0.4, -0.2) is 25.4 Å². The zero-order valence-electron chi connectivity index (χ0n) is 13.0. The number of carbonyl (C=O) groups excluding carboxylic acids is 1. The average molecular weight is 314 g/mol. The fourth-order valence-electron chi connectivity index (χ4n) is 2.64. The van der Waals surface area contributed by atoms with Crippen LogP contribution < -0.4 is 0 Å². The van der Waals surface area contributed by atoms with Gasteiger partial charge in [0.1, 0.15) is 0 Å². The molecule has 4 rings (SSSR count). The van der Waals surface area contributed by atoms with Gasteiger partial charge in [-0.3, -0.25) is 9.78 Å². The van der Waals surface area contributed by atoms with E-state index in [-0.39, 0.29) is 5.78 Å². The lowest BCUT2D eigenvalue weighted by molar-refractivity contribution is 0.104. The van der Waals surface area contributed by atoms with Gasteiger partial charge >= 0.3 is 0 Å². The van der Waals surface area contributed by atoms with Crippen molar-refractivity contribution in [3.05, 3.63) is 83.9 Å². The normalized spacial score (nSPS) is 10.9. The Labute approximate surface area is 138 Å². The van der Waals surface area contributed by atoms with Gasteiger partial charge in [-0.15, -0.1) is 0 Å². The Morgan fingerprint density at radius 2 is 1.83 bits per heavy atom. The van der Waals surface area contributed by atoms with Crippen LogP contribution in [0.15, 0.2) is 67.3 Å². The van der Waals surface area contributed by atoms with E-state index in [0.717, 1.165) is 16.8 Å². The van der Waals surface area contributed by atoms with Crippen LogP contribution in [-0.2, 0) is 0 Å². The summed E-state index contributed by atoms with van der Waals surface area (Å²) in [4.78, 5) is 21.3. The van der Waals surface area contributed by atoms with Crippen molar-refractivity contribution < 1.29 is 4.79 Å². The largest absolute Gasteiger partial charge is 0.288 e. The lowest BCUT2D eigenvalue weighted by atomic mass is 10.0. The van der Waals surface area contributed by atoms with E-state index < -0.39 is 0 Å². The van der Waals surface area contributed by atoms with Crippen molar-refractivity contribution in [2.75, 3.05) is 0 Å². The van der Waals surface area contributed by atoms with Gasteiger partial charge in [0.25, 0.3) is 0 Å². The molecule has 0 N–H and O–H groups in total. The fraction of sp³-hybridized carbons (Fsp3) is 0.0526. The van der Waals surface area contributed by atoms with E-state index in [1.807, 2.05) is 49.4 Å². The van der Waals surface area contributed by atoms with Crippen LogP contribution in [0.4, 0.5) is 0 Å². The maximum absolute atomic E-state index is 12.8. The van der Waals surface area contributed by atoms with Crippen molar-refractivity contribution in [3.63, 3.8) is 0 Å². The van der Waals surface area contributed by atoms with Crippen molar-refractivity contribution in [1.82, 2.24) is 19.6 Å². The highest BCUT2D eigenvalue weighted by Gasteiger charge is 2.17. The Balaban J connectivity index is 1.84. The second-order valence-electron chi connectivity index (χ2n) is 5.56. The van der Waals surface area contributed by atoms with Gasteiger partial charge in [0.05, 0.1) is 17.5 Å². The Hall–Kier alpha value is -3.34. The first-order chi connectivity index (χ1) is 11.7. The molecule has 0 amide bonds. The van der Waals surface area contributed by atoms with Gasteiger partial charge in [0.2, 0.25) is 0 Å². The van der Waals surface area contributed by atoms with Gasteiger partial charge < -0.3 is 0 Å². The van der Waals surface area contributed by atoms with Crippen LogP contribution >= 0.6 is 0 Å². The molecule has 0 radical (unpaired) electrons. The summed E-state index contributed by atoms with van der Waals surface area (Å²) in [6, 6.07) is 13.2. The molecule has 0 aliphatic heterocycles. The highest BCUT2D eigenvalue weighted by atomic mass is 16.1. The molecule has 116 valence electrons. The molecule has 3 aromatic heterocycles. The highest BCUT2D eigenvalue weighted by Crippen LogP contribution is 2.21. The number of nitrogens with zero attached hydrogens (tertiary/aromatic N) is 4. The highest BCUT2D eigenvalue weighted by molar-refractivity contribution is 6.12. The molecule has 24 heavy (non-hydrogen) atoms. The number of fused-ring (bicyclic) bond motifs is 1. The van der Waals surface area contributed by atoms with Crippen LogP contribution in [0.2, 0.25) is 0 Å². The third kappa shape index (κ3) is 2.36. The average Bonchev–Trinajstić information content (AvgIpc) is 3.06. The van der Waals surface area contributed by atoms with Gasteiger partial charge in [-0.05, 0) is 25.1 Å². The molecular formula is C19H14N4O. The smallest absolute Gasteiger partial charge is 0.198 e. The molecule has 5 nitrogen and oxygen atoms in total. The van der Waals surface area contributed by atoms with E-state index in [4.69, 9.17) is 0 Å². The molecule has 0 spiro atoms. The first-order valence-corrected chi connectivity index (χ1v) is 7.58. The van der Waals surface area contributed by atoms with Crippen molar-refractivity contribution in [1.29, 1.82) is 0 Å². The molecule has 0 aliphatic carbocycles. The molecule has 1 aromatic carbocycles. The number of pyridine rings is 1. The Bertz CT molecular complexity index is 1020. The Kier molecular flexibility index (Phi) is 3.39. The van der Waals surface area contributed by atoms with E-state index in [9.17, 15) is 4.79 Å². The zero-order valence-corrected chi connectivity index (χ0v) is 13.0. The number of benzene rings is 1. The SMILES string of the molecule is Cc1ccc(C(=O)c2cnn3c(-c4cccnc4)ccnc23)cc1. The second-order valence-corrected chi connectivity index (χ2v) is 5.56. The molecule has 0 bridgehead atoms. The van der Waals surface area contributed by atoms with Crippen LogP contribution in [0.25, 0.3) is 16.9 Å². The number of carbonyl (C=O) groups is 1. The van der Waals surface area contributed by atoms with Crippen LogP contribution in [0.5, 0.6) is 0 Å². The van der Waals surface area contributed by atoms with Crippen LogP contribution in [0.3, 0.4) is 0 Å². The summed E-state index contributed by atoms with van der Waals surface area (Å²) in [5.74, 6) is -0.0826. The van der Waals surface area contributed by atoms with Crippen molar-refractivity contribution in [2.45, 2.75) is 6.92 Å². The molecule has 5 heteroatoms. The molecule has 0 fully saturated rings. The predicted octanol–water partition coefficient (Wildman–Crippen LogP) is 3.33. The van der Waals surface area contributed by atoms with Gasteiger partial charge in [-0.2, -0.15) is 5.10 Å². The summed E-state index contributed by atoms with van der Waals surface area (Å²) in [7, 11) is 0. The third-order valence-corrected chi connectivity index (χ3v) is 3.92. The Morgan fingerprint density at radius 1 is 1.00 bits per heavy atom. The lowest BCUT2D eigenvalue weighted by Crippen LogP contribution is -2.02. The Morgan fingerprint density at radius 3 is 2.58 bits per heavy atom. The summed E-state index contributed by atoms with van der Waals surface area (Å²) >= 11 is 0. The number of aromatic nitrogens is 4. The predicted molar refractivity (Wildman–Crippen MR) is 90.8 cm³/mol. The quantitative estimate of drug-likeness (QED) is 0.544. The minimum Gasteiger partial charge on any atom is -0.288 e. The van der Waals surface area contributed by atoms with E-state index in [0.29, 0.717) is 16.8 Å². The van der Waals surface area contributed by atoms with E-state index in [2.05, 4.69) is 15.1 Å². The molecule has 3 heterocycles. The summed E-state index contributed by atoms with van der Waals surface area (Å²) in [6.07, 6.45) is 6.74. The number of ketones is 1. The topological polar surface area (TPSA) is 60.2 Å². The maximum atomic E-state index is 12.8. The fourth-order valence-corrected chi connectivity index (χ4v) is 2.64. The summed E-state index contributed by atoms with van der Waals surface area (Å²) in [6.45, 7) is 1.99. The standard InChI is InChI=1S/C19H14N4O/c1-13-4-6-14(7-5-13)18(24)16-12-22-23-17(8-10-21-19(16)23)15-3-2-9-20-11-15/h2-12H,1H3. The first kappa shape index (κ1) is 14.3. The zero-order chi connectivity index (χ0) is 16.5. The van der Waals surface area contributed by atoms with Gasteiger partial charge in [-0.1, -0.05) is 29.8 Å². The molecule has 0 unspecified atom stereocenters. The number of hydrogen-bond acceptors (Lipinski definition) is 4. The van der Waals surface area contributed by atoms with Crippen molar-refractivity contribution in [2.24, 2.45) is 0 Å². The number of aryl methyl sites for hydroxylation is 1. The lowest BCUT2D eigenvalue weighted by Gasteiger charge is -2.04. The summed E-state index contributed by atoms with van der Waals surface area (Å²) in [5, 5.41) is 4.36. The maximum Gasteiger partial charge on any atom is 0.198 e. The van der Waals surface area contributed by atoms with Gasteiger partial charge in [0.15, 0.2) is 11.4 Å². The summed E-state index contributed by atoms with van der Waals surface area (Å²) < 4.78 is 1.68. The van der Waals surface area contributed by atoms with E-state index >= 15 is 0 Å². The number of hydrogen-bond donors (Lipinski definition) is 0. The van der Waals surface area contributed by atoms with E-state index in [1.165, 1.54) is 0 Å². The molecule has 0 aliphatic rings. The van der Waals surface area contributed by atoms with Gasteiger partial charge in [0, 0.05) is 29.7 Å². The molecule has 0 saturated carbocycles. The van der Waals surface area contributed by atoms with Gasteiger partial charge in [-0.25, -0.2) is 9.50 Å². The minimum atomic E-state index is -0.0826. The summed E-state index contributed by atoms with van der Waals surface area (Å²) in [5.41, 5.74) is 4.54. The second kappa shape index (κ2) is 5.70. The molecule has 0 saturated heterocycles. The van der Waals surface area contributed by atoms with E-state index in [1.54, 1.807) is 29.3 Å². The minimum absolute atomic E-state index is 0.0826. The van der Waals surface area contributed by atoms with Crippen molar-refractivity contribution in [3.8, 4) is 11.3 Å². The molecule has 4 aromatic rings. The third-order valence-electron chi connectivity index (χ3n) is 3.92. The van der Waals surface area contributed by atoms with Crippen LogP contribution in [0.1, 0.15) is 21.5 Å². The van der Waals surface area contributed by atoms with Crippen molar-refractivity contribution >= 4 is 11.4 Å².